The molecule has 3 aromatic carbocycles. The van der Waals surface area contributed by atoms with Crippen molar-refractivity contribution in [3.8, 4) is 11.3 Å². The lowest BCUT2D eigenvalue weighted by molar-refractivity contribution is -0.136. The quantitative estimate of drug-likeness (QED) is 0.103. The molecule has 4 aromatic rings. The zero-order valence-electron chi connectivity index (χ0n) is 22.1. The summed E-state index contributed by atoms with van der Waals surface area (Å²) >= 11 is 12.5. The van der Waals surface area contributed by atoms with Crippen molar-refractivity contribution in [3.63, 3.8) is 0 Å². The second-order valence-corrected chi connectivity index (χ2v) is 10.1. The number of carboxylic acids is 1. The van der Waals surface area contributed by atoms with Crippen molar-refractivity contribution >= 4 is 46.3 Å². The number of rotatable bonds is 11. The molecule has 0 saturated carbocycles. The van der Waals surface area contributed by atoms with E-state index in [4.69, 9.17) is 34.2 Å². The highest BCUT2D eigenvalue weighted by molar-refractivity contribution is 6.34. The van der Waals surface area contributed by atoms with Crippen LogP contribution < -0.4 is 11.2 Å². The Morgan fingerprint density at radius 3 is 2.20 bits per heavy atom. The summed E-state index contributed by atoms with van der Waals surface area (Å²) in [5, 5.41) is 14.0. The highest BCUT2D eigenvalue weighted by Crippen LogP contribution is 2.29. The second-order valence-electron chi connectivity index (χ2n) is 9.23. The van der Waals surface area contributed by atoms with Crippen LogP contribution >= 0.6 is 23.2 Å². The highest BCUT2D eigenvalue weighted by atomic mass is 35.5. The molecule has 1 amide bonds. The number of carbonyl (C=O) groups excluding carboxylic acids is 1. The van der Waals surface area contributed by atoms with Crippen molar-refractivity contribution in [3.05, 3.63) is 136 Å². The first kappa shape index (κ1) is 29.6. The van der Waals surface area contributed by atoms with E-state index in [1.165, 1.54) is 0 Å². The molecule has 7 nitrogen and oxygen atoms in total. The lowest BCUT2D eigenvalue weighted by Gasteiger charge is -2.23. The number of hydrazine groups is 1. The summed E-state index contributed by atoms with van der Waals surface area (Å²) in [5.74, 6) is 5.32. The van der Waals surface area contributed by atoms with Crippen LogP contribution in [0.1, 0.15) is 33.5 Å². The molecule has 9 heteroatoms. The molecule has 0 radical (unpaired) electrons. The summed E-state index contributed by atoms with van der Waals surface area (Å²) in [6.45, 7) is 4.62. The number of carbonyl (C=O) groups is 2. The van der Waals surface area contributed by atoms with Gasteiger partial charge in [-0.2, -0.15) is 0 Å². The maximum absolute atomic E-state index is 12.3. The minimum atomic E-state index is -0.972. The van der Waals surface area contributed by atoms with Gasteiger partial charge < -0.3 is 15.4 Å². The molecule has 0 aliphatic heterocycles. The van der Waals surface area contributed by atoms with E-state index < -0.39 is 5.97 Å². The van der Waals surface area contributed by atoms with Crippen LogP contribution in [-0.2, 0) is 11.3 Å². The van der Waals surface area contributed by atoms with Crippen LogP contribution in [0, 0.1) is 0 Å². The van der Waals surface area contributed by atoms with Gasteiger partial charge in [-0.15, -0.1) is 0 Å². The Morgan fingerprint density at radius 1 is 0.927 bits per heavy atom. The van der Waals surface area contributed by atoms with E-state index in [2.05, 4.69) is 16.9 Å². The number of hydrogen-bond donors (Lipinski definition) is 3. The molecule has 0 aliphatic carbocycles. The lowest BCUT2D eigenvalue weighted by atomic mass is 10.0. The van der Waals surface area contributed by atoms with Crippen molar-refractivity contribution in [2.24, 2.45) is 5.84 Å². The third kappa shape index (κ3) is 8.28. The molecule has 0 saturated heterocycles. The fourth-order valence-electron chi connectivity index (χ4n) is 4.09. The maximum Gasteiger partial charge on any atom is 0.305 e. The number of benzene rings is 3. The fourth-order valence-corrected chi connectivity index (χ4v) is 4.62. The Hall–Kier alpha value is -4.43. The highest BCUT2D eigenvalue weighted by Gasteiger charge is 2.13. The van der Waals surface area contributed by atoms with Crippen LogP contribution in [0.4, 0.5) is 0 Å². The van der Waals surface area contributed by atoms with Gasteiger partial charge in [-0.1, -0.05) is 72.2 Å². The standard InChI is InChI=1S/C32H28Cl2N4O3/c1-21(26-17-27(33)19-28(34)18-26)16-30(24-11-9-23(10-12-24)29-4-2-3-14-36-29)38(35)20-22-5-7-25(8-6-22)32(41)37-15-13-31(39)40/h2-12,14,16-19H,1,13,15,20,35H2,(H,37,41)(H,39,40)/b30-16-. The molecule has 0 aliphatic rings. The number of nitrogens with zero attached hydrogens (tertiary/aromatic N) is 2. The number of amides is 1. The third-order valence-electron chi connectivity index (χ3n) is 6.19. The molecule has 1 aromatic heterocycles. The average Bonchev–Trinajstić information content (AvgIpc) is 2.96. The Labute approximate surface area is 248 Å². The molecule has 4 N–H and O–H groups in total. The van der Waals surface area contributed by atoms with Crippen LogP contribution in [0.25, 0.3) is 22.5 Å². The molecule has 208 valence electrons. The van der Waals surface area contributed by atoms with Crippen LogP contribution in [0.5, 0.6) is 0 Å². The molecular weight excluding hydrogens is 559 g/mol. The maximum atomic E-state index is 12.3. The molecule has 0 bridgehead atoms. The fraction of sp³-hybridized carbons (Fsp3) is 0.0938. The zero-order valence-corrected chi connectivity index (χ0v) is 23.6. The number of halogens is 2. The summed E-state index contributed by atoms with van der Waals surface area (Å²) in [6.07, 6.45) is 3.49. The van der Waals surface area contributed by atoms with Crippen molar-refractivity contribution < 1.29 is 14.7 Å². The first-order valence-electron chi connectivity index (χ1n) is 12.7. The van der Waals surface area contributed by atoms with Gasteiger partial charge >= 0.3 is 5.97 Å². The van der Waals surface area contributed by atoms with Gasteiger partial charge in [0.2, 0.25) is 0 Å². The van der Waals surface area contributed by atoms with E-state index >= 15 is 0 Å². The number of hydrogen-bond acceptors (Lipinski definition) is 5. The normalized spacial score (nSPS) is 11.1. The zero-order chi connectivity index (χ0) is 29.4. The summed E-state index contributed by atoms with van der Waals surface area (Å²) in [6, 6.07) is 25.9. The van der Waals surface area contributed by atoms with Gasteiger partial charge in [0.25, 0.3) is 5.91 Å². The molecule has 41 heavy (non-hydrogen) atoms. The minimum absolute atomic E-state index is 0.0570. The molecule has 1 heterocycles. The van der Waals surface area contributed by atoms with E-state index in [0.717, 1.165) is 27.9 Å². The van der Waals surface area contributed by atoms with E-state index in [1.54, 1.807) is 53.7 Å². The molecule has 0 fully saturated rings. The monoisotopic (exact) mass is 586 g/mol. The number of aliphatic carboxylic acids is 1. The third-order valence-corrected chi connectivity index (χ3v) is 6.62. The summed E-state index contributed by atoms with van der Waals surface area (Å²) in [5.41, 5.74) is 6.11. The predicted molar refractivity (Wildman–Crippen MR) is 164 cm³/mol. The smallest absolute Gasteiger partial charge is 0.305 e. The number of allylic oxidation sites excluding steroid dienone is 2. The lowest BCUT2D eigenvalue weighted by Crippen LogP contribution is -2.29. The van der Waals surface area contributed by atoms with E-state index in [9.17, 15) is 9.59 Å². The number of carboxylic acid groups (broad SMARTS) is 1. The molecule has 0 unspecified atom stereocenters. The van der Waals surface area contributed by atoms with Crippen LogP contribution in [0.3, 0.4) is 0 Å². The summed E-state index contributed by atoms with van der Waals surface area (Å²) < 4.78 is 0. The number of nitrogens with two attached hydrogens (primary N) is 1. The van der Waals surface area contributed by atoms with Crippen LogP contribution in [-0.4, -0.2) is 33.5 Å². The Bertz CT molecular complexity index is 1550. The van der Waals surface area contributed by atoms with Crippen molar-refractivity contribution in [2.45, 2.75) is 13.0 Å². The largest absolute Gasteiger partial charge is 0.481 e. The van der Waals surface area contributed by atoms with E-state index in [1.807, 2.05) is 48.5 Å². The Morgan fingerprint density at radius 2 is 1.59 bits per heavy atom. The van der Waals surface area contributed by atoms with Crippen molar-refractivity contribution in [1.29, 1.82) is 0 Å². The predicted octanol–water partition coefficient (Wildman–Crippen LogP) is 6.69. The van der Waals surface area contributed by atoms with Crippen LogP contribution in [0.2, 0.25) is 10.0 Å². The van der Waals surface area contributed by atoms with Gasteiger partial charge in [-0.3, -0.25) is 14.6 Å². The van der Waals surface area contributed by atoms with E-state index in [-0.39, 0.29) is 18.9 Å². The van der Waals surface area contributed by atoms with Gasteiger partial charge in [0.15, 0.2) is 0 Å². The van der Waals surface area contributed by atoms with E-state index in [0.29, 0.717) is 33.4 Å². The number of nitrogens with one attached hydrogen (secondary N) is 1. The second kappa shape index (κ2) is 13.8. The summed E-state index contributed by atoms with van der Waals surface area (Å²) in [4.78, 5) is 27.4. The van der Waals surface area contributed by atoms with Gasteiger partial charge in [0, 0.05) is 33.9 Å². The van der Waals surface area contributed by atoms with Crippen LogP contribution in [0.15, 0.2) is 104 Å². The Balaban J connectivity index is 1.59. The first-order valence-corrected chi connectivity index (χ1v) is 13.5. The van der Waals surface area contributed by atoms with Gasteiger partial charge in [-0.05, 0) is 70.8 Å². The molecule has 0 spiro atoms. The van der Waals surface area contributed by atoms with Gasteiger partial charge in [0.05, 0.1) is 24.4 Å². The minimum Gasteiger partial charge on any atom is -0.481 e. The summed E-state index contributed by atoms with van der Waals surface area (Å²) in [7, 11) is 0. The van der Waals surface area contributed by atoms with Crippen molar-refractivity contribution in [1.82, 2.24) is 15.3 Å². The first-order chi connectivity index (χ1) is 19.7. The molecule has 4 rings (SSSR count). The molecular formula is C32H28Cl2N4O3. The molecule has 0 atom stereocenters. The SMILES string of the molecule is C=C(/C=C(/c1ccc(-c2ccccn2)cc1)N(N)Cc1ccc(C(=O)NCCC(=O)O)cc1)c1cc(Cl)cc(Cl)c1. The van der Waals surface area contributed by atoms with Gasteiger partial charge in [-0.25, -0.2) is 5.84 Å². The number of pyridine rings is 1. The Kier molecular flexibility index (Phi) is 9.92. The topological polar surface area (TPSA) is 109 Å². The van der Waals surface area contributed by atoms with Crippen molar-refractivity contribution in [2.75, 3.05) is 6.54 Å². The average molecular weight is 588 g/mol. The van der Waals surface area contributed by atoms with Gasteiger partial charge in [0.1, 0.15) is 0 Å². The number of aromatic nitrogens is 1.